The van der Waals surface area contributed by atoms with Crippen molar-refractivity contribution in [2.75, 3.05) is 51.1 Å². The van der Waals surface area contributed by atoms with E-state index in [0.29, 0.717) is 22.3 Å². The lowest BCUT2D eigenvalue weighted by Crippen LogP contribution is -2.54. The number of hydrogen-bond donors (Lipinski definition) is 1. The maximum atomic E-state index is 12.6. The SMILES string of the molecule is C[C@@H](C(=O)Nc1cc(Cl)cc(Cl)c1)N1CCN(CC(=O)N2CCCC2)CC1. The fourth-order valence-corrected chi connectivity index (χ4v) is 4.13. The van der Waals surface area contributed by atoms with Gasteiger partial charge >= 0.3 is 0 Å². The van der Waals surface area contributed by atoms with E-state index in [1.165, 1.54) is 0 Å². The van der Waals surface area contributed by atoms with Gasteiger partial charge in [-0.3, -0.25) is 19.4 Å². The van der Waals surface area contributed by atoms with E-state index in [9.17, 15) is 9.59 Å². The van der Waals surface area contributed by atoms with Crippen molar-refractivity contribution in [1.82, 2.24) is 14.7 Å². The Kier molecular flexibility index (Phi) is 6.98. The summed E-state index contributed by atoms with van der Waals surface area (Å²) in [7, 11) is 0. The lowest BCUT2D eigenvalue weighted by atomic mass is 10.2. The fraction of sp³-hybridized carbons (Fsp3) is 0.579. The van der Waals surface area contributed by atoms with Gasteiger partial charge in [0.05, 0.1) is 12.6 Å². The van der Waals surface area contributed by atoms with E-state index in [1.54, 1.807) is 18.2 Å². The van der Waals surface area contributed by atoms with E-state index < -0.39 is 0 Å². The van der Waals surface area contributed by atoms with Crippen LogP contribution >= 0.6 is 23.2 Å². The van der Waals surface area contributed by atoms with Gasteiger partial charge in [-0.25, -0.2) is 0 Å². The Labute approximate surface area is 170 Å². The summed E-state index contributed by atoms with van der Waals surface area (Å²) in [6.07, 6.45) is 2.23. The average molecular weight is 413 g/mol. The van der Waals surface area contributed by atoms with Crippen LogP contribution in [0.5, 0.6) is 0 Å². The molecular formula is C19H26Cl2N4O2. The molecule has 2 heterocycles. The molecule has 2 amide bonds. The summed E-state index contributed by atoms with van der Waals surface area (Å²) in [5, 5.41) is 3.85. The molecule has 1 atom stereocenters. The minimum atomic E-state index is -0.265. The van der Waals surface area contributed by atoms with Gasteiger partial charge < -0.3 is 10.2 Å². The van der Waals surface area contributed by atoms with Crippen molar-refractivity contribution in [1.29, 1.82) is 0 Å². The smallest absolute Gasteiger partial charge is 0.241 e. The van der Waals surface area contributed by atoms with Crippen molar-refractivity contribution in [3.63, 3.8) is 0 Å². The molecule has 2 aliphatic rings. The van der Waals surface area contributed by atoms with E-state index in [4.69, 9.17) is 23.2 Å². The van der Waals surface area contributed by atoms with Crippen LogP contribution in [0.1, 0.15) is 19.8 Å². The van der Waals surface area contributed by atoms with Crippen molar-refractivity contribution in [3.05, 3.63) is 28.2 Å². The molecule has 6 nitrogen and oxygen atoms in total. The summed E-state index contributed by atoms with van der Waals surface area (Å²) in [6, 6.07) is 4.73. The highest BCUT2D eigenvalue weighted by Crippen LogP contribution is 2.23. The largest absolute Gasteiger partial charge is 0.342 e. The third kappa shape index (κ3) is 5.57. The zero-order valence-corrected chi connectivity index (χ0v) is 17.1. The molecule has 2 aliphatic heterocycles. The maximum absolute atomic E-state index is 12.6. The second-order valence-electron chi connectivity index (χ2n) is 7.22. The first-order valence-corrected chi connectivity index (χ1v) is 10.2. The molecule has 1 aromatic rings. The fourth-order valence-electron chi connectivity index (χ4n) is 3.61. The van der Waals surface area contributed by atoms with Gasteiger partial charge in [0.2, 0.25) is 11.8 Å². The van der Waals surface area contributed by atoms with Crippen LogP contribution in [-0.2, 0) is 9.59 Å². The number of hydrogen-bond acceptors (Lipinski definition) is 4. The maximum Gasteiger partial charge on any atom is 0.241 e. The summed E-state index contributed by atoms with van der Waals surface area (Å²) >= 11 is 12.0. The van der Waals surface area contributed by atoms with Crippen LogP contribution in [0, 0.1) is 0 Å². The van der Waals surface area contributed by atoms with Gasteiger partial charge in [-0.2, -0.15) is 0 Å². The van der Waals surface area contributed by atoms with Crippen molar-refractivity contribution in [2.24, 2.45) is 0 Å². The molecule has 2 saturated heterocycles. The molecule has 0 aliphatic carbocycles. The minimum absolute atomic E-state index is 0.0880. The van der Waals surface area contributed by atoms with E-state index >= 15 is 0 Å². The standard InChI is InChI=1S/C19H26Cl2N4O2/c1-14(19(27)22-17-11-15(20)10-16(21)12-17)24-8-6-23(7-9-24)13-18(26)25-4-2-3-5-25/h10-12,14H,2-9,13H2,1H3,(H,22,27)/t14-/m0/s1. The van der Waals surface area contributed by atoms with Gasteiger partial charge in [-0.1, -0.05) is 23.2 Å². The molecule has 0 bridgehead atoms. The van der Waals surface area contributed by atoms with Gasteiger partial charge in [-0.15, -0.1) is 0 Å². The lowest BCUT2D eigenvalue weighted by Gasteiger charge is -2.37. The van der Waals surface area contributed by atoms with Gasteiger partial charge in [-0.05, 0) is 38.0 Å². The van der Waals surface area contributed by atoms with Gasteiger partial charge in [0.15, 0.2) is 0 Å². The average Bonchev–Trinajstić information content (AvgIpc) is 3.15. The minimum Gasteiger partial charge on any atom is -0.342 e. The molecule has 27 heavy (non-hydrogen) atoms. The third-order valence-corrected chi connectivity index (χ3v) is 5.72. The highest BCUT2D eigenvalue weighted by Gasteiger charge is 2.27. The normalized spacial score (nSPS) is 19.9. The Hall–Kier alpha value is -1.34. The summed E-state index contributed by atoms with van der Waals surface area (Å²) in [4.78, 5) is 31.1. The summed E-state index contributed by atoms with van der Waals surface area (Å²) in [6.45, 7) is 7.27. The molecule has 8 heteroatoms. The number of amides is 2. The molecule has 0 radical (unpaired) electrons. The third-order valence-electron chi connectivity index (χ3n) is 5.28. The number of nitrogens with zero attached hydrogens (tertiary/aromatic N) is 3. The summed E-state index contributed by atoms with van der Waals surface area (Å²) in [5.41, 5.74) is 0.596. The molecule has 148 valence electrons. The van der Waals surface area contributed by atoms with Crippen LogP contribution in [-0.4, -0.2) is 78.4 Å². The van der Waals surface area contributed by atoms with E-state index in [0.717, 1.165) is 52.1 Å². The van der Waals surface area contributed by atoms with Crippen LogP contribution in [0.4, 0.5) is 5.69 Å². The Morgan fingerprint density at radius 3 is 2.19 bits per heavy atom. The van der Waals surface area contributed by atoms with Crippen molar-refractivity contribution in [3.8, 4) is 0 Å². The van der Waals surface area contributed by atoms with Gasteiger partial charge in [0.1, 0.15) is 0 Å². The highest BCUT2D eigenvalue weighted by atomic mass is 35.5. The first kappa shape index (κ1) is 20.4. The van der Waals surface area contributed by atoms with Crippen LogP contribution in [0.2, 0.25) is 10.0 Å². The van der Waals surface area contributed by atoms with E-state index in [1.807, 2.05) is 11.8 Å². The molecule has 1 aromatic carbocycles. The number of likely N-dealkylation sites (tertiary alicyclic amines) is 1. The molecule has 1 N–H and O–H groups in total. The molecule has 0 spiro atoms. The molecule has 3 rings (SSSR count). The van der Waals surface area contributed by atoms with Crippen molar-refractivity contribution < 1.29 is 9.59 Å². The number of halogens is 2. The van der Waals surface area contributed by atoms with Crippen molar-refractivity contribution in [2.45, 2.75) is 25.8 Å². The van der Waals surface area contributed by atoms with Crippen LogP contribution < -0.4 is 5.32 Å². The van der Waals surface area contributed by atoms with E-state index in [2.05, 4.69) is 15.1 Å². The Balaban J connectivity index is 1.46. The monoisotopic (exact) mass is 412 g/mol. The molecule has 0 unspecified atom stereocenters. The van der Waals surface area contributed by atoms with Gasteiger partial charge in [0.25, 0.3) is 0 Å². The number of benzene rings is 1. The predicted octanol–water partition coefficient (Wildman–Crippen LogP) is 2.56. The molecular weight excluding hydrogens is 387 g/mol. The second-order valence-corrected chi connectivity index (χ2v) is 8.10. The van der Waals surface area contributed by atoms with Crippen LogP contribution in [0.3, 0.4) is 0 Å². The Morgan fingerprint density at radius 2 is 1.59 bits per heavy atom. The molecule has 2 fully saturated rings. The number of carbonyl (C=O) groups excluding carboxylic acids is 2. The number of carbonyl (C=O) groups is 2. The van der Waals surface area contributed by atoms with Crippen LogP contribution in [0.25, 0.3) is 0 Å². The number of nitrogens with one attached hydrogen (secondary N) is 1. The second kappa shape index (κ2) is 9.24. The highest BCUT2D eigenvalue weighted by molar-refractivity contribution is 6.35. The predicted molar refractivity (Wildman–Crippen MR) is 108 cm³/mol. The molecule has 0 aromatic heterocycles. The van der Waals surface area contributed by atoms with E-state index in [-0.39, 0.29) is 17.9 Å². The number of piperazine rings is 1. The zero-order chi connectivity index (χ0) is 19.4. The van der Waals surface area contributed by atoms with Crippen molar-refractivity contribution >= 4 is 40.7 Å². The quantitative estimate of drug-likeness (QED) is 0.806. The Morgan fingerprint density at radius 1 is 1.00 bits per heavy atom. The molecule has 0 saturated carbocycles. The number of rotatable bonds is 5. The lowest BCUT2D eigenvalue weighted by molar-refractivity contribution is -0.132. The summed E-state index contributed by atoms with van der Waals surface area (Å²) in [5.74, 6) is 0.138. The van der Waals surface area contributed by atoms with Crippen LogP contribution in [0.15, 0.2) is 18.2 Å². The first-order valence-electron chi connectivity index (χ1n) is 9.43. The number of anilines is 1. The van der Waals surface area contributed by atoms with Gasteiger partial charge in [0, 0.05) is 55.0 Å². The first-order chi connectivity index (χ1) is 12.9. The zero-order valence-electron chi connectivity index (χ0n) is 15.6. The topological polar surface area (TPSA) is 55.9 Å². The Bertz CT molecular complexity index is 666. The summed E-state index contributed by atoms with van der Waals surface area (Å²) < 4.78 is 0.